The van der Waals surface area contributed by atoms with Gasteiger partial charge >= 0.3 is 0 Å². The lowest BCUT2D eigenvalue weighted by atomic mass is 10.1. The highest BCUT2D eigenvalue weighted by Gasteiger charge is 2.31. The molecule has 0 spiro atoms. The van der Waals surface area contributed by atoms with Crippen LogP contribution in [0.25, 0.3) is 0 Å². The molecule has 0 fully saturated rings. The first-order valence-corrected chi connectivity index (χ1v) is 9.50. The zero-order chi connectivity index (χ0) is 20.1. The van der Waals surface area contributed by atoms with Gasteiger partial charge in [0.15, 0.2) is 0 Å². The molecular formula is C22H27N3O3. The molecule has 2 aromatic rings. The number of rotatable bonds is 6. The minimum Gasteiger partial charge on any atom is -0.496 e. The highest BCUT2D eigenvalue weighted by atomic mass is 16.5. The van der Waals surface area contributed by atoms with Gasteiger partial charge in [-0.3, -0.25) is 9.59 Å². The maximum atomic E-state index is 13.4. The first-order valence-electron chi connectivity index (χ1n) is 9.50. The third-order valence-electron chi connectivity index (χ3n) is 4.99. The van der Waals surface area contributed by atoms with Crippen molar-refractivity contribution in [2.45, 2.75) is 32.4 Å². The summed E-state index contributed by atoms with van der Waals surface area (Å²) in [5.41, 5.74) is 4.03. The van der Waals surface area contributed by atoms with Gasteiger partial charge in [-0.2, -0.15) is 0 Å². The van der Waals surface area contributed by atoms with E-state index in [0.717, 1.165) is 34.5 Å². The van der Waals surface area contributed by atoms with Crippen LogP contribution in [-0.2, 0) is 22.6 Å². The van der Waals surface area contributed by atoms with E-state index in [-0.39, 0.29) is 18.4 Å². The van der Waals surface area contributed by atoms with Crippen LogP contribution in [0.3, 0.4) is 0 Å². The molecule has 0 saturated heterocycles. The van der Waals surface area contributed by atoms with Crippen LogP contribution in [0.5, 0.6) is 5.75 Å². The molecule has 3 rings (SSSR count). The monoisotopic (exact) mass is 381 g/mol. The minimum absolute atomic E-state index is 0.0991. The number of fused-ring (bicyclic) bond motifs is 1. The van der Waals surface area contributed by atoms with Crippen LogP contribution in [0.15, 0.2) is 42.5 Å². The van der Waals surface area contributed by atoms with E-state index < -0.39 is 6.04 Å². The number of carbonyl (C=O) groups excluding carboxylic acids is 2. The SMILES string of the molecule is CNCC(=O)NC1CCc2ccccc2N(Cc2cc(C)ccc2OC)C1=O. The smallest absolute Gasteiger partial charge is 0.249 e. The van der Waals surface area contributed by atoms with Crippen molar-refractivity contribution in [3.63, 3.8) is 0 Å². The maximum absolute atomic E-state index is 13.4. The van der Waals surface area contributed by atoms with E-state index in [1.807, 2.05) is 49.4 Å². The first kappa shape index (κ1) is 19.9. The number of carbonyl (C=O) groups is 2. The summed E-state index contributed by atoms with van der Waals surface area (Å²) in [7, 11) is 3.34. The Morgan fingerprint density at radius 3 is 2.79 bits per heavy atom. The molecule has 1 aliphatic heterocycles. The van der Waals surface area contributed by atoms with E-state index in [1.165, 1.54) is 0 Å². The van der Waals surface area contributed by atoms with Crippen molar-refractivity contribution in [3.05, 3.63) is 59.2 Å². The van der Waals surface area contributed by atoms with Crippen molar-refractivity contribution in [1.29, 1.82) is 0 Å². The lowest BCUT2D eigenvalue weighted by Crippen LogP contribution is -2.49. The molecule has 0 bridgehead atoms. The maximum Gasteiger partial charge on any atom is 0.249 e. The molecule has 0 radical (unpaired) electrons. The van der Waals surface area contributed by atoms with Gasteiger partial charge in [-0.15, -0.1) is 0 Å². The summed E-state index contributed by atoms with van der Waals surface area (Å²) in [4.78, 5) is 27.2. The first-order chi connectivity index (χ1) is 13.5. The topological polar surface area (TPSA) is 70.7 Å². The fourth-order valence-electron chi connectivity index (χ4n) is 3.62. The molecule has 28 heavy (non-hydrogen) atoms. The van der Waals surface area contributed by atoms with Crippen molar-refractivity contribution < 1.29 is 14.3 Å². The van der Waals surface area contributed by atoms with Crippen LogP contribution in [0.2, 0.25) is 0 Å². The zero-order valence-electron chi connectivity index (χ0n) is 16.6. The van der Waals surface area contributed by atoms with Crippen molar-refractivity contribution in [3.8, 4) is 5.75 Å². The summed E-state index contributed by atoms with van der Waals surface area (Å²) in [6.07, 6.45) is 1.31. The van der Waals surface area contributed by atoms with Gasteiger partial charge < -0.3 is 20.3 Å². The number of ether oxygens (including phenoxy) is 1. The van der Waals surface area contributed by atoms with Crippen LogP contribution in [-0.4, -0.2) is 38.6 Å². The molecule has 1 aliphatic rings. The number of anilines is 1. The van der Waals surface area contributed by atoms with Crippen molar-refractivity contribution in [1.82, 2.24) is 10.6 Å². The largest absolute Gasteiger partial charge is 0.496 e. The van der Waals surface area contributed by atoms with Crippen molar-refractivity contribution in [2.24, 2.45) is 0 Å². The molecule has 6 nitrogen and oxygen atoms in total. The van der Waals surface area contributed by atoms with Gasteiger partial charge in [0.2, 0.25) is 11.8 Å². The number of nitrogens with zero attached hydrogens (tertiary/aromatic N) is 1. The summed E-state index contributed by atoms with van der Waals surface area (Å²) >= 11 is 0. The number of para-hydroxylation sites is 1. The second-order valence-corrected chi connectivity index (χ2v) is 7.06. The number of benzene rings is 2. The number of hydrogen-bond donors (Lipinski definition) is 2. The third-order valence-corrected chi connectivity index (χ3v) is 4.99. The van der Waals surface area contributed by atoms with E-state index in [2.05, 4.69) is 10.6 Å². The highest BCUT2D eigenvalue weighted by molar-refractivity contribution is 6.00. The van der Waals surface area contributed by atoms with Crippen LogP contribution in [0.4, 0.5) is 5.69 Å². The van der Waals surface area contributed by atoms with E-state index in [4.69, 9.17) is 4.74 Å². The molecule has 1 unspecified atom stereocenters. The predicted molar refractivity (Wildman–Crippen MR) is 110 cm³/mol. The molecule has 148 valence electrons. The standard InChI is InChI=1S/C22H27N3O3/c1-15-8-11-20(28-3)17(12-15)14-25-19-7-5-4-6-16(19)9-10-18(22(25)27)24-21(26)13-23-2/h4-8,11-12,18,23H,9-10,13-14H2,1-3H3,(H,24,26). The Labute approximate surface area is 165 Å². The Balaban J connectivity index is 1.96. The van der Waals surface area contributed by atoms with Gasteiger partial charge in [0.05, 0.1) is 20.2 Å². The number of amides is 2. The van der Waals surface area contributed by atoms with E-state index >= 15 is 0 Å². The summed E-state index contributed by atoms with van der Waals surface area (Å²) in [5.74, 6) is 0.466. The molecule has 0 aromatic heterocycles. The van der Waals surface area contributed by atoms with Crippen LogP contribution < -0.4 is 20.3 Å². The summed E-state index contributed by atoms with van der Waals surface area (Å²) in [6.45, 7) is 2.59. The minimum atomic E-state index is -0.552. The summed E-state index contributed by atoms with van der Waals surface area (Å²) in [5, 5.41) is 5.70. The number of nitrogens with one attached hydrogen (secondary N) is 2. The lowest BCUT2D eigenvalue weighted by molar-refractivity contribution is -0.127. The number of likely N-dealkylation sites (N-methyl/N-ethyl adjacent to an activating group) is 1. The van der Waals surface area contributed by atoms with E-state index in [9.17, 15) is 9.59 Å². The second kappa shape index (κ2) is 8.89. The van der Waals surface area contributed by atoms with Crippen LogP contribution in [0, 0.1) is 6.92 Å². The van der Waals surface area contributed by atoms with Crippen LogP contribution >= 0.6 is 0 Å². The molecule has 2 N–H and O–H groups in total. The average Bonchev–Trinajstić information content (AvgIpc) is 2.81. The Hall–Kier alpha value is -2.86. The third kappa shape index (κ3) is 4.34. The number of hydrogen-bond acceptors (Lipinski definition) is 4. The van der Waals surface area contributed by atoms with Gasteiger partial charge in [-0.25, -0.2) is 0 Å². The van der Waals surface area contributed by atoms with Gasteiger partial charge in [-0.05, 0) is 44.5 Å². The Morgan fingerprint density at radius 2 is 2.04 bits per heavy atom. The van der Waals surface area contributed by atoms with Gasteiger partial charge in [-0.1, -0.05) is 35.9 Å². The van der Waals surface area contributed by atoms with Gasteiger partial charge in [0.1, 0.15) is 11.8 Å². The van der Waals surface area contributed by atoms with E-state index in [1.54, 1.807) is 19.1 Å². The molecule has 6 heteroatoms. The number of aryl methyl sites for hydroxylation is 2. The fourth-order valence-corrected chi connectivity index (χ4v) is 3.62. The Morgan fingerprint density at radius 1 is 1.25 bits per heavy atom. The molecular weight excluding hydrogens is 354 g/mol. The van der Waals surface area contributed by atoms with Gasteiger partial charge in [0.25, 0.3) is 0 Å². The van der Waals surface area contributed by atoms with Crippen molar-refractivity contribution in [2.75, 3.05) is 25.6 Å². The Bertz CT molecular complexity index is 866. The molecule has 1 heterocycles. The van der Waals surface area contributed by atoms with E-state index in [0.29, 0.717) is 13.0 Å². The summed E-state index contributed by atoms with van der Waals surface area (Å²) in [6, 6.07) is 13.3. The Kier molecular flexibility index (Phi) is 6.31. The normalized spacial score (nSPS) is 16.3. The predicted octanol–water partition coefficient (Wildman–Crippen LogP) is 2.19. The molecule has 0 aliphatic carbocycles. The second-order valence-electron chi connectivity index (χ2n) is 7.06. The fraction of sp³-hybridized carbons (Fsp3) is 0.364. The molecule has 1 atom stereocenters. The quantitative estimate of drug-likeness (QED) is 0.805. The number of methoxy groups -OCH3 is 1. The van der Waals surface area contributed by atoms with Crippen molar-refractivity contribution >= 4 is 17.5 Å². The zero-order valence-corrected chi connectivity index (χ0v) is 16.6. The van der Waals surface area contributed by atoms with Gasteiger partial charge in [0, 0.05) is 11.3 Å². The molecule has 0 saturated carbocycles. The molecule has 2 amide bonds. The van der Waals surface area contributed by atoms with Crippen LogP contribution in [0.1, 0.15) is 23.1 Å². The lowest BCUT2D eigenvalue weighted by Gasteiger charge is -2.27. The average molecular weight is 381 g/mol. The summed E-state index contributed by atoms with van der Waals surface area (Å²) < 4.78 is 5.50. The molecule has 2 aromatic carbocycles. The highest BCUT2D eigenvalue weighted by Crippen LogP contribution is 2.30.